The standard InChI is InChI=1S/C20H23N5O4/c1-29-14-4-2-13(3-5-14)19-18-15(22-12-23-18)7-10-24(19)17(27)8-11-25-16(26)6-9-21-20(25)28/h2-5,12,19H,6-11H2,1H3,(H,21,28)(H,22,23). The Labute approximate surface area is 168 Å². The van der Waals surface area contributed by atoms with Crippen LogP contribution < -0.4 is 10.1 Å². The highest BCUT2D eigenvalue weighted by molar-refractivity contribution is 5.97. The molecule has 2 aliphatic rings. The number of nitrogens with zero attached hydrogens (tertiary/aromatic N) is 3. The molecule has 4 rings (SSSR count). The highest BCUT2D eigenvalue weighted by Gasteiger charge is 2.35. The first kappa shape index (κ1) is 19.0. The van der Waals surface area contributed by atoms with E-state index in [1.165, 1.54) is 0 Å². The Kier molecular flexibility index (Phi) is 5.20. The molecular weight excluding hydrogens is 374 g/mol. The lowest BCUT2D eigenvalue weighted by molar-refractivity contribution is -0.134. The maximum Gasteiger partial charge on any atom is 0.324 e. The van der Waals surface area contributed by atoms with Gasteiger partial charge in [0.05, 0.1) is 19.1 Å². The number of fused-ring (bicyclic) bond motifs is 1. The van der Waals surface area contributed by atoms with Gasteiger partial charge in [-0.1, -0.05) is 12.1 Å². The van der Waals surface area contributed by atoms with Crippen molar-refractivity contribution in [2.75, 3.05) is 26.7 Å². The van der Waals surface area contributed by atoms with Crippen molar-refractivity contribution in [2.24, 2.45) is 0 Å². The smallest absolute Gasteiger partial charge is 0.324 e. The summed E-state index contributed by atoms with van der Waals surface area (Å²) in [6.07, 6.45) is 2.66. The maximum absolute atomic E-state index is 13.1. The van der Waals surface area contributed by atoms with E-state index >= 15 is 0 Å². The van der Waals surface area contributed by atoms with Crippen molar-refractivity contribution in [3.63, 3.8) is 0 Å². The van der Waals surface area contributed by atoms with E-state index < -0.39 is 6.03 Å². The van der Waals surface area contributed by atoms with E-state index in [0.29, 0.717) is 19.5 Å². The molecule has 2 aromatic rings. The average molecular weight is 397 g/mol. The highest BCUT2D eigenvalue weighted by Crippen LogP contribution is 2.34. The third-order valence-corrected chi connectivity index (χ3v) is 5.39. The molecular formula is C20H23N5O4. The van der Waals surface area contributed by atoms with Gasteiger partial charge in [-0.3, -0.25) is 14.5 Å². The Morgan fingerprint density at radius 2 is 2.03 bits per heavy atom. The molecule has 0 spiro atoms. The first-order chi connectivity index (χ1) is 14.1. The van der Waals surface area contributed by atoms with Gasteiger partial charge in [-0.15, -0.1) is 0 Å². The van der Waals surface area contributed by atoms with Gasteiger partial charge in [-0.25, -0.2) is 9.78 Å². The number of carbonyl (C=O) groups is 3. The summed E-state index contributed by atoms with van der Waals surface area (Å²) in [5.74, 6) is 0.367. The monoisotopic (exact) mass is 397 g/mol. The number of carbonyl (C=O) groups excluding carboxylic acids is 3. The molecule has 2 aliphatic heterocycles. The predicted octanol–water partition coefficient (Wildman–Crippen LogP) is 1.22. The molecule has 1 saturated heterocycles. The summed E-state index contributed by atoms with van der Waals surface area (Å²) in [6, 6.07) is 6.80. The van der Waals surface area contributed by atoms with Crippen LogP contribution in [0.2, 0.25) is 0 Å². The molecule has 0 aliphatic carbocycles. The van der Waals surface area contributed by atoms with Crippen LogP contribution in [-0.4, -0.2) is 64.4 Å². The van der Waals surface area contributed by atoms with Crippen molar-refractivity contribution in [1.82, 2.24) is 25.1 Å². The molecule has 29 heavy (non-hydrogen) atoms. The summed E-state index contributed by atoms with van der Waals surface area (Å²) < 4.78 is 5.23. The second-order valence-electron chi connectivity index (χ2n) is 7.06. The highest BCUT2D eigenvalue weighted by atomic mass is 16.5. The number of ether oxygens (including phenoxy) is 1. The van der Waals surface area contributed by atoms with Gasteiger partial charge in [0.15, 0.2) is 0 Å². The number of rotatable bonds is 5. The van der Waals surface area contributed by atoms with Crippen molar-refractivity contribution >= 4 is 17.8 Å². The topological polar surface area (TPSA) is 108 Å². The molecule has 1 unspecified atom stereocenters. The molecule has 0 bridgehead atoms. The lowest BCUT2D eigenvalue weighted by Crippen LogP contribution is -2.51. The fraction of sp³-hybridized carbons (Fsp3) is 0.400. The molecule has 4 amide bonds. The number of nitrogens with one attached hydrogen (secondary N) is 2. The fourth-order valence-electron chi connectivity index (χ4n) is 3.87. The van der Waals surface area contributed by atoms with Crippen LogP contribution in [0.1, 0.15) is 35.8 Å². The number of imidazole rings is 1. The van der Waals surface area contributed by atoms with E-state index in [-0.39, 0.29) is 37.2 Å². The quantitative estimate of drug-likeness (QED) is 0.789. The number of imide groups is 1. The largest absolute Gasteiger partial charge is 0.497 e. The molecule has 1 aromatic carbocycles. The molecule has 152 valence electrons. The summed E-state index contributed by atoms with van der Waals surface area (Å²) in [5, 5.41) is 2.64. The Balaban J connectivity index is 1.55. The predicted molar refractivity (Wildman–Crippen MR) is 103 cm³/mol. The van der Waals surface area contributed by atoms with Gasteiger partial charge in [0.1, 0.15) is 11.8 Å². The molecule has 9 heteroatoms. The number of methoxy groups -OCH3 is 1. The van der Waals surface area contributed by atoms with E-state index in [1.54, 1.807) is 18.3 Å². The van der Waals surface area contributed by atoms with E-state index in [0.717, 1.165) is 27.6 Å². The molecule has 3 heterocycles. The maximum atomic E-state index is 13.1. The summed E-state index contributed by atoms with van der Waals surface area (Å²) >= 11 is 0. The van der Waals surface area contributed by atoms with Crippen molar-refractivity contribution in [1.29, 1.82) is 0 Å². The number of hydrogen-bond acceptors (Lipinski definition) is 5. The Morgan fingerprint density at radius 3 is 2.76 bits per heavy atom. The van der Waals surface area contributed by atoms with Crippen LogP contribution in [0.3, 0.4) is 0 Å². The Bertz CT molecular complexity index is 907. The van der Waals surface area contributed by atoms with Gasteiger partial charge in [-0.05, 0) is 17.7 Å². The van der Waals surface area contributed by atoms with Crippen molar-refractivity contribution in [2.45, 2.75) is 25.3 Å². The Morgan fingerprint density at radius 1 is 1.24 bits per heavy atom. The zero-order valence-corrected chi connectivity index (χ0v) is 16.2. The number of aromatic amines is 1. The third kappa shape index (κ3) is 3.67. The van der Waals surface area contributed by atoms with Crippen LogP contribution >= 0.6 is 0 Å². The minimum atomic E-state index is -0.436. The van der Waals surface area contributed by atoms with Gasteiger partial charge in [0, 0.05) is 44.6 Å². The minimum absolute atomic E-state index is 0.0722. The molecule has 9 nitrogen and oxygen atoms in total. The number of urea groups is 1. The van der Waals surface area contributed by atoms with Crippen molar-refractivity contribution < 1.29 is 19.1 Å². The molecule has 2 N–H and O–H groups in total. The molecule has 1 fully saturated rings. The van der Waals surface area contributed by atoms with Crippen LogP contribution in [0.25, 0.3) is 0 Å². The molecule has 0 saturated carbocycles. The van der Waals surface area contributed by atoms with E-state index in [1.807, 2.05) is 24.3 Å². The third-order valence-electron chi connectivity index (χ3n) is 5.39. The molecule has 0 radical (unpaired) electrons. The van der Waals surface area contributed by atoms with E-state index in [2.05, 4.69) is 15.3 Å². The molecule has 1 aromatic heterocycles. The van der Waals surface area contributed by atoms with Gasteiger partial charge in [0.2, 0.25) is 11.8 Å². The van der Waals surface area contributed by atoms with Crippen LogP contribution in [0.5, 0.6) is 5.75 Å². The van der Waals surface area contributed by atoms with Crippen molar-refractivity contribution in [3.05, 3.63) is 47.5 Å². The number of benzene rings is 1. The first-order valence-electron chi connectivity index (χ1n) is 9.62. The normalized spacial score (nSPS) is 19.0. The SMILES string of the molecule is COc1ccc(C2c3nc[nH]c3CCN2C(=O)CCN2C(=O)CCNC2=O)cc1. The summed E-state index contributed by atoms with van der Waals surface area (Å²) in [5.41, 5.74) is 2.76. The fourth-order valence-corrected chi connectivity index (χ4v) is 3.87. The van der Waals surface area contributed by atoms with E-state index in [9.17, 15) is 14.4 Å². The zero-order chi connectivity index (χ0) is 20.4. The summed E-state index contributed by atoms with van der Waals surface area (Å²) in [6.45, 7) is 0.948. The van der Waals surface area contributed by atoms with Crippen LogP contribution in [0.15, 0.2) is 30.6 Å². The second-order valence-corrected chi connectivity index (χ2v) is 7.06. The lowest BCUT2D eigenvalue weighted by Gasteiger charge is -2.36. The zero-order valence-electron chi connectivity index (χ0n) is 16.2. The number of hydrogen-bond donors (Lipinski definition) is 2. The lowest BCUT2D eigenvalue weighted by atomic mass is 9.95. The van der Waals surface area contributed by atoms with Gasteiger partial charge in [0.25, 0.3) is 0 Å². The summed E-state index contributed by atoms with van der Waals surface area (Å²) in [4.78, 5) is 47.5. The van der Waals surface area contributed by atoms with E-state index in [4.69, 9.17) is 4.74 Å². The van der Waals surface area contributed by atoms with Gasteiger partial charge < -0.3 is 19.9 Å². The van der Waals surface area contributed by atoms with Crippen molar-refractivity contribution in [3.8, 4) is 5.75 Å². The molecule has 1 atom stereocenters. The number of aromatic nitrogens is 2. The van der Waals surface area contributed by atoms with Crippen LogP contribution in [-0.2, 0) is 16.0 Å². The number of H-pyrrole nitrogens is 1. The number of amides is 4. The summed E-state index contributed by atoms with van der Waals surface area (Å²) in [7, 11) is 1.61. The second kappa shape index (κ2) is 7.94. The Hall–Kier alpha value is -3.36. The van der Waals surface area contributed by atoms with Gasteiger partial charge >= 0.3 is 6.03 Å². The van der Waals surface area contributed by atoms with Crippen LogP contribution in [0.4, 0.5) is 4.79 Å². The van der Waals surface area contributed by atoms with Gasteiger partial charge in [-0.2, -0.15) is 0 Å². The minimum Gasteiger partial charge on any atom is -0.497 e. The first-order valence-corrected chi connectivity index (χ1v) is 9.62. The average Bonchev–Trinajstić information content (AvgIpc) is 3.21. The van der Waals surface area contributed by atoms with Crippen LogP contribution in [0, 0.1) is 0 Å².